The third-order valence-electron chi connectivity index (χ3n) is 6.26. The highest BCUT2D eigenvalue weighted by Crippen LogP contribution is 2.32. The van der Waals surface area contributed by atoms with Gasteiger partial charge in [-0.1, -0.05) is 42.8 Å². The molecule has 2 aliphatic heterocycles. The Bertz CT molecular complexity index is 975. The van der Waals surface area contributed by atoms with E-state index in [9.17, 15) is 14.0 Å². The van der Waals surface area contributed by atoms with Crippen LogP contribution in [0.1, 0.15) is 36.9 Å². The lowest BCUT2D eigenvalue weighted by Crippen LogP contribution is -2.50. The second-order valence-corrected chi connectivity index (χ2v) is 8.94. The van der Waals surface area contributed by atoms with Crippen molar-refractivity contribution >= 4 is 29.1 Å². The molecule has 4 rings (SSSR count). The van der Waals surface area contributed by atoms with Gasteiger partial charge in [0.15, 0.2) is 0 Å². The number of carbonyl (C=O) groups is 2. The molecule has 1 N–H and O–H groups in total. The number of amides is 2. The van der Waals surface area contributed by atoms with E-state index in [0.29, 0.717) is 12.5 Å². The monoisotopic (exact) mass is 443 g/mol. The summed E-state index contributed by atoms with van der Waals surface area (Å²) in [5.41, 5.74) is 2.19. The Morgan fingerprint density at radius 1 is 1.13 bits per heavy atom. The molecule has 2 heterocycles. The van der Waals surface area contributed by atoms with Crippen molar-refractivity contribution in [3.05, 3.63) is 64.4 Å². The van der Waals surface area contributed by atoms with Gasteiger partial charge in [-0.05, 0) is 54.5 Å². The number of halogens is 2. The first-order chi connectivity index (χ1) is 14.9. The lowest BCUT2D eigenvalue weighted by molar-refractivity contribution is -0.139. The topological polar surface area (TPSA) is 52.7 Å². The van der Waals surface area contributed by atoms with Crippen LogP contribution in [0, 0.1) is 11.7 Å². The largest absolute Gasteiger partial charge is 0.341 e. The normalized spacial score (nSPS) is 19.7. The Labute approximate surface area is 187 Å². The minimum Gasteiger partial charge on any atom is -0.341 e. The molecule has 0 bridgehead atoms. The average molecular weight is 444 g/mol. The summed E-state index contributed by atoms with van der Waals surface area (Å²) in [6.45, 7) is 4.30. The lowest BCUT2D eigenvalue weighted by Gasteiger charge is -2.40. The second kappa shape index (κ2) is 9.37. The fourth-order valence-corrected chi connectivity index (χ4v) is 4.60. The van der Waals surface area contributed by atoms with Crippen molar-refractivity contribution in [2.75, 3.05) is 31.5 Å². The number of likely N-dealkylation sites (tertiary alicyclic amines) is 1. The first-order valence-electron chi connectivity index (χ1n) is 10.8. The van der Waals surface area contributed by atoms with Crippen molar-refractivity contribution < 1.29 is 14.0 Å². The second-order valence-electron chi connectivity index (χ2n) is 8.50. The van der Waals surface area contributed by atoms with Crippen molar-refractivity contribution in [1.82, 2.24) is 9.80 Å². The van der Waals surface area contributed by atoms with Crippen LogP contribution in [0.3, 0.4) is 0 Å². The van der Waals surface area contributed by atoms with Gasteiger partial charge >= 0.3 is 0 Å². The van der Waals surface area contributed by atoms with E-state index < -0.39 is 11.9 Å². The summed E-state index contributed by atoms with van der Waals surface area (Å²) in [6, 6.07) is 11.6. The van der Waals surface area contributed by atoms with Crippen molar-refractivity contribution in [2.24, 2.45) is 5.92 Å². The highest BCUT2D eigenvalue weighted by molar-refractivity contribution is 6.30. The molecule has 2 aromatic rings. The van der Waals surface area contributed by atoms with Gasteiger partial charge < -0.3 is 10.2 Å². The Balaban J connectivity index is 1.53. The minimum absolute atomic E-state index is 0.0110. The molecular formula is C24H27ClFN3O2. The van der Waals surface area contributed by atoms with E-state index >= 15 is 0 Å². The molecule has 1 saturated heterocycles. The van der Waals surface area contributed by atoms with Crippen molar-refractivity contribution in [3.63, 3.8) is 0 Å². The van der Waals surface area contributed by atoms with Gasteiger partial charge in [0.2, 0.25) is 11.8 Å². The molecule has 0 radical (unpaired) electrons. The highest BCUT2D eigenvalue weighted by atomic mass is 35.5. The predicted molar refractivity (Wildman–Crippen MR) is 119 cm³/mol. The maximum atomic E-state index is 14.1. The molecule has 0 unspecified atom stereocenters. The van der Waals surface area contributed by atoms with Crippen LogP contribution < -0.4 is 5.32 Å². The molecule has 2 aromatic carbocycles. The van der Waals surface area contributed by atoms with E-state index in [1.165, 1.54) is 12.1 Å². The Morgan fingerprint density at radius 2 is 1.87 bits per heavy atom. The summed E-state index contributed by atoms with van der Waals surface area (Å²) >= 11 is 5.79. The molecule has 5 nitrogen and oxygen atoms in total. The van der Waals surface area contributed by atoms with Gasteiger partial charge in [-0.15, -0.1) is 0 Å². The molecule has 0 aliphatic carbocycles. The first kappa shape index (κ1) is 21.8. The average Bonchev–Trinajstić information content (AvgIpc) is 2.75. The SMILES string of the molecule is CC1CCN(C(=O)[C@H]2c3ccccc3CCN2CC(=O)Nc2ccc(Cl)cc2F)CC1. The zero-order valence-electron chi connectivity index (χ0n) is 17.6. The van der Waals surface area contributed by atoms with Crippen LogP contribution in [0.5, 0.6) is 0 Å². The quantitative estimate of drug-likeness (QED) is 0.767. The molecule has 1 fully saturated rings. The van der Waals surface area contributed by atoms with Crippen LogP contribution in [-0.4, -0.2) is 47.8 Å². The van der Waals surface area contributed by atoms with Crippen LogP contribution in [0.25, 0.3) is 0 Å². The number of rotatable bonds is 4. The van der Waals surface area contributed by atoms with Crippen LogP contribution in [-0.2, 0) is 16.0 Å². The molecule has 31 heavy (non-hydrogen) atoms. The predicted octanol–water partition coefficient (Wildman–Crippen LogP) is 4.28. The fourth-order valence-electron chi connectivity index (χ4n) is 4.44. The number of benzene rings is 2. The Morgan fingerprint density at radius 3 is 2.61 bits per heavy atom. The molecule has 0 saturated carbocycles. The number of hydrogen-bond acceptors (Lipinski definition) is 3. The maximum absolute atomic E-state index is 14.1. The fraction of sp³-hybridized carbons (Fsp3) is 0.417. The van der Waals surface area contributed by atoms with E-state index in [1.807, 2.05) is 34.1 Å². The first-order valence-corrected chi connectivity index (χ1v) is 11.2. The van der Waals surface area contributed by atoms with Crippen molar-refractivity contribution in [3.8, 4) is 0 Å². The van der Waals surface area contributed by atoms with Gasteiger partial charge in [0.25, 0.3) is 0 Å². The van der Waals surface area contributed by atoms with E-state index in [1.54, 1.807) is 0 Å². The van der Waals surface area contributed by atoms with Crippen molar-refractivity contribution in [2.45, 2.75) is 32.2 Å². The summed E-state index contributed by atoms with van der Waals surface area (Å²) in [5.74, 6) is -0.269. The van der Waals surface area contributed by atoms with Gasteiger partial charge in [0, 0.05) is 24.7 Å². The van der Waals surface area contributed by atoms with Crippen LogP contribution in [0.4, 0.5) is 10.1 Å². The number of fused-ring (bicyclic) bond motifs is 1. The summed E-state index contributed by atoms with van der Waals surface area (Å²) in [5, 5.41) is 2.88. The molecular weight excluding hydrogens is 417 g/mol. The highest BCUT2D eigenvalue weighted by Gasteiger charge is 2.37. The summed E-state index contributed by atoms with van der Waals surface area (Å²) < 4.78 is 14.1. The van der Waals surface area contributed by atoms with Gasteiger partial charge in [-0.25, -0.2) is 4.39 Å². The molecule has 1 atom stereocenters. The Hall–Kier alpha value is -2.44. The molecule has 2 aliphatic rings. The van der Waals surface area contributed by atoms with E-state index in [2.05, 4.69) is 12.2 Å². The molecule has 7 heteroatoms. The standard InChI is InChI=1S/C24H27ClFN3O2/c1-16-8-11-28(12-9-16)24(31)23-19-5-3-2-4-17(19)10-13-29(23)15-22(30)27-21-7-6-18(25)14-20(21)26/h2-7,14,16,23H,8-13,15H2,1H3,(H,27,30)/t23-/m1/s1. The van der Waals surface area contributed by atoms with Crippen molar-refractivity contribution in [1.29, 1.82) is 0 Å². The van der Waals surface area contributed by atoms with Gasteiger partial charge in [-0.3, -0.25) is 14.5 Å². The third-order valence-corrected chi connectivity index (χ3v) is 6.50. The van der Waals surface area contributed by atoms with Gasteiger partial charge in [0.1, 0.15) is 11.9 Å². The van der Waals surface area contributed by atoms with E-state index in [0.717, 1.165) is 49.5 Å². The number of nitrogens with one attached hydrogen (secondary N) is 1. The molecule has 0 aromatic heterocycles. The number of hydrogen-bond donors (Lipinski definition) is 1. The lowest BCUT2D eigenvalue weighted by atomic mass is 9.90. The molecule has 164 valence electrons. The smallest absolute Gasteiger partial charge is 0.244 e. The Kier molecular flexibility index (Phi) is 6.58. The zero-order valence-corrected chi connectivity index (χ0v) is 18.4. The number of nitrogens with zero attached hydrogens (tertiary/aromatic N) is 2. The third kappa shape index (κ3) is 4.91. The summed E-state index contributed by atoms with van der Waals surface area (Å²) in [7, 11) is 0. The molecule has 0 spiro atoms. The van der Waals surface area contributed by atoms with Crippen LogP contribution >= 0.6 is 11.6 Å². The van der Waals surface area contributed by atoms with Crippen LogP contribution in [0.2, 0.25) is 5.02 Å². The minimum atomic E-state index is -0.583. The number of carbonyl (C=O) groups excluding carboxylic acids is 2. The van der Waals surface area contributed by atoms with Gasteiger partial charge in [0.05, 0.1) is 12.2 Å². The summed E-state index contributed by atoms with van der Waals surface area (Å²) in [6.07, 6.45) is 2.76. The summed E-state index contributed by atoms with van der Waals surface area (Å²) in [4.78, 5) is 30.1. The maximum Gasteiger partial charge on any atom is 0.244 e. The van der Waals surface area contributed by atoms with E-state index in [-0.39, 0.29) is 29.1 Å². The van der Waals surface area contributed by atoms with Crippen LogP contribution in [0.15, 0.2) is 42.5 Å². The number of anilines is 1. The van der Waals surface area contributed by atoms with Gasteiger partial charge in [-0.2, -0.15) is 0 Å². The number of piperidine rings is 1. The zero-order chi connectivity index (χ0) is 22.0. The van der Waals surface area contributed by atoms with E-state index in [4.69, 9.17) is 11.6 Å². The molecule has 2 amide bonds.